The van der Waals surface area contributed by atoms with Crippen LogP contribution in [0.25, 0.3) is 0 Å². The highest BCUT2D eigenvalue weighted by Crippen LogP contribution is 2.37. The summed E-state index contributed by atoms with van der Waals surface area (Å²) in [5, 5.41) is 0. The minimum Gasteiger partial charge on any atom is -0.348 e. The summed E-state index contributed by atoms with van der Waals surface area (Å²) < 4.78 is 11.4. The van der Waals surface area contributed by atoms with Gasteiger partial charge in [0.05, 0.1) is 13.2 Å². The predicted octanol–water partition coefficient (Wildman–Crippen LogP) is 2.18. The second-order valence-electron chi connectivity index (χ2n) is 5.60. The Bertz CT molecular complexity index is 289. The summed E-state index contributed by atoms with van der Waals surface area (Å²) in [5.41, 5.74) is 0. The first-order chi connectivity index (χ1) is 8.58. The summed E-state index contributed by atoms with van der Waals surface area (Å²) in [5.74, 6) is 0.0769. The van der Waals surface area contributed by atoms with Gasteiger partial charge in [0.25, 0.3) is 0 Å². The van der Waals surface area contributed by atoms with Crippen LogP contribution in [0.2, 0.25) is 0 Å². The Labute approximate surface area is 110 Å². The second kappa shape index (κ2) is 5.57. The fraction of sp³-hybridized carbons (Fsp3) is 0.929. The highest BCUT2D eigenvalue weighted by Gasteiger charge is 2.41. The molecule has 0 aromatic heterocycles. The molecule has 104 valence electrons. The van der Waals surface area contributed by atoms with Gasteiger partial charge in [0, 0.05) is 31.8 Å². The van der Waals surface area contributed by atoms with Crippen LogP contribution in [-0.4, -0.2) is 42.9 Å². The number of carbonyl (C=O) groups is 1. The van der Waals surface area contributed by atoms with Gasteiger partial charge in [-0.2, -0.15) is 0 Å². The molecule has 0 aromatic rings. The van der Waals surface area contributed by atoms with Crippen LogP contribution >= 0.6 is 0 Å². The van der Waals surface area contributed by atoms with E-state index in [-0.39, 0.29) is 17.6 Å². The van der Waals surface area contributed by atoms with Crippen molar-refractivity contribution >= 4 is 5.91 Å². The molecule has 2 aliphatic rings. The number of ether oxygens (including phenoxy) is 2. The quantitative estimate of drug-likeness (QED) is 0.776. The molecule has 0 radical (unpaired) electrons. The average molecular weight is 255 g/mol. The number of carbonyl (C=O) groups excluding carboxylic acids is 1. The first kappa shape index (κ1) is 13.8. The molecule has 1 saturated heterocycles. The molecule has 1 atom stereocenters. The minimum absolute atomic E-state index is 0.130. The van der Waals surface area contributed by atoms with E-state index in [1.54, 1.807) is 0 Å². The Morgan fingerprint density at radius 3 is 2.39 bits per heavy atom. The van der Waals surface area contributed by atoms with Gasteiger partial charge < -0.3 is 14.4 Å². The van der Waals surface area contributed by atoms with Crippen molar-refractivity contribution in [3.8, 4) is 0 Å². The van der Waals surface area contributed by atoms with Gasteiger partial charge in [0.15, 0.2) is 5.79 Å². The molecule has 2 rings (SSSR count). The molecule has 18 heavy (non-hydrogen) atoms. The molecular weight excluding hydrogens is 230 g/mol. The average Bonchev–Trinajstić information content (AvgIpc) is 2.85. The van der Waals surface area contributed by atoms with Crippen molar-refractivity contribution < 1.29 is 14.3 Å². The molecule has 1 amide bonds. The van der Waals surface area contributed by atoms with Crippen molar-refractivity contribution in [2.45, 2.75) is 57.8 Å². The maximum atomic E-state index is 12.1. The van der Waals surface area contributed by atoms with Crippen LogP contribution in [-0.2, 0) is 14.3 Å². The van der Waals surface area contributed by atoms with E-state index in [1.807, 2.05) is 18.9 Å². The monoisotopic (exact) mass is 255 g/mol. The van der Waals surface area contributed by atoms with Crippen molar-refractivity contribution in [1.29, 1.82) is 0 Å². The van der Waals surface area contributed by atoms with Crippen molar-refractivity contribution in [3.05, 3.63) is 0 Å². The highest BCUT2D eigenvalue weighted by atomic mass is 16.7. The molecule has 1 saturated carbocycles. The standard InChI is InChI=1S/C14H25NO3/c1-4-11(2)13(16)15(3)12-5-7-14(8-6-12)17-9-10-18-14/h11-12H,4-10H2,1-3H3. The Morgan fingerprint density at radius 1 is 1.33 bits per heavy atom. The van der Waals surface area contributed by atoms with Gasteiger partial charge in [-0.1, -0.05) is 13.8 Å². The molecule has 1 heterocycles. The zero-order valence-electron chi connectivity index (χ0n) is 11.8. The number of nitrogens with zero attached hydrogens (tertiary/aromatic N) is 1. The Balaban J connectivity index is 1.87. The Kier molecular flexibility index (Phi) is 4.28. The molecule has 1 aliphatic carbocycles. The normalized spacial score (nSPS) is 25.3. The van der Waals surface area contributed by atoms with Crippen LogP contribution < -0.4 is 0 Å². The van der Waals surface area contributed by atoms with E-state index < -0.39 is 0 Å². The molecule has 1 unspecified atom stereocenters. The molecule has 1 spiro atoms. The topological polar surface area (TPSA) is 38.8 Å². The summed E-state index contributed by atoms with van der Waals surface area (Å²) in [6, 6.07) is 0.352. The molecule has 0 N–H and O–H groups in total. The molecular formula is C14H25NO3. The zero-order valence-corrected chi connectivity index (χ0v) is 11.8. The SMILES string of the molecule is CCC(C)C(=O)N(C)C1CCC2(CC1)OCCO2. The molecule has 4 heteroatoms. The van der Waals surface area contributed by atoms with E-state index >= 15 is 0 Å². The lowest BCUT2D eigenvalue weighted by molar-refractivity contribution is -0.185. The van der Waals surface area contributed by atoms with Gasteiger partial charge in [-0.15, -0.1) is 0 Å². The number of amides is 1. The van der Waals surface area contributed by atoms with E-state index in [2.05, 4.69) is 6.92 Å². The third kappa shape index (κ3) is 2.69. The first-order valence-electron chi connectivity index (χ1n) is 7.12. The molecule has 0 aromatic carbocycles. The fourth-order valence-electron chi connectivity index (χ4n) is 2.92. The lowest BCUT2D eigenvalue weighted by Gasteiger charge is -2.39. The van der Waals surface area contributed by atoms with Crippen molar-refractivity contribution in [2.24, 2.45) is 5.92 Å². The van der Waals surface area contributed by atoms with Crippen molar-refractivity contribution in [1.82, 2.24) is 4.90 Å². The lowest BCUT2D eigenvalue weighted by Crippen LogP contribution is -2.46. The van der Waals surface area contributed by atoms with Crippen molar-refractivity contribution in [2.75, 3.05) is 20.3 Å². The molecule has 2 fully saturated rings. The van der Waals surface area contributed by atoms with Gasteiger partial charge in [-0.25, -0.2) is 0 Å². The van der Waals surface area contributed by atoms with Crippen LogP contribution in [0.4, 0.5) is 0 Å². The van der Waals surface area contributed by atoms with E-state index in [1.165, 1.54) is 0 Å². The van der Waals surface area contributed by atoms with Crippen LogP contribution in [0.1, 0.15) is 46.0 Å². The van der Waals surface area contributed by atoms with Gasteiger partial charge >= 0.3 is 0 Å². The van der Waals surface area contributed by atoms with E-state index in [0.29, 0.717) is 19.3 Å². The lowest BCUT2D eigenvalue weighted by atomic mass is 9.88. The van der Waals surface area contributed by atoms with Crippen LogP contribution in [0.5, 0.6) is 0 Å². The smallest absolute Gasteiger partial charge is 0.225 e. The molecule has 0 bridgehead atoms. The maximum Gasteiger partial charge on any atom is 0.225 e. The van der Waals surface area contributed by atoms with Gasteiger partial charge in [-0.05, 0) is 19.3 Å². The van der Waals surface area contributed by atoms with Crippen LogP contribution in [0.3, 0.4) is 0 Å². The first-order valence-corrected chi connectivity index (χ1v) is 7.12. The van der Waals surface area contributed by atoms with Gasteiger partial charge in [0.1, 0.15) is 0 Å². The van der Waals surface area contributed by atoms with E-state index in [4.69, 9.17) is 9.47 Å². The summed E-state index contributed by atoms with van der Waals surface area (Å²) >= 11 is 0. The van der Waals surface area contributed by atoms with E-state index in [0.717, 1.165) is 32.1 Å². The minimum atomic E-state index is -0.323. The van der Waals surface area contributed by atoms with E-state index in [9.17, 15) is 4.79 Å². The predicted molar refractivity (Wildman–Crippen MR) is 69.1 cm³/mol. The number of rotatable bonds is 3. The summed E-state index contributed by atoms with van der Waals surface area (Å²) in [6.07, 6.45) is 4.70. The largest absolute Gasteiger partial charge is 0.348 e. The third-order valence-electron chi connectivity index (χ3n) is 4.46. The van der Waals surface area contributed by atoms with Gasteiger partial charge in [-0.3, -0.25) is 4.79 Å². The third-order valence-corrected chi connectivity index (χ3v) is 4.46. The maximum absolute atomic E-state index is 12.1. The summed E-state index contributed by atoms with van der Waals surface area (Å²) in [7, 11) is 1.94. The highest BCUT2D eigenvalue weighted by molar-refractivity contribution is 5.78. The Hall–Kier alpha value is -0.610. The van der Waals surface area contributed by atoms with Crippen molar-refractivity contribution in [3.63, 3.8) is 0 Å². The van der Waals surface area contributed by atoms with Gasteiger partial charge in [0.2, 0.25) is 5.91 Å². The summed E-state index contributed by atoms with van der Waals surface area (Å²) in [6.45, 7) is 5.50. The molecule has 1 aliphatic heterocycles. The molecule has 4 nitrogen and oxygen atoms in total. The van der Waals surface area contributed by atoms with Crippen LogP contribution in [0, 0.1) is 5.92 Å². The van der Waals surface area contributed by atoms with Crippen LogP contribution in [0.15, 0.2) is 0 Å². The fourth-order valence-corrected chi connectivity index (χ4v) is 2.92. The Morgan fingerprint density at radius 2 is 1.89 bits per heavy atom. The number of hydrogen-bond donors (Lipinski definition) is 0. The summed E-state index contributed by atoms with van der Waals surface area (Å²) in [4.78, 5) is 14.1. The number of hydrogen-bond acceptors (Lipinski definition) is 3. The second-order valence-corrected chi connectivity index (χ2v) is 5.60. The zero-order chi connectivity index (χ0) is 13.2.